The summed E-state index contributed by atoms with van der Waals surface area (Å²) >= 11 is 0. The normalized spacial score (nSPS) is 19.8. The molecule has 1 aliphatic rings. The molecule has 3 rings (SSSR count). The highest BCUT2D eigenvalue weighted by molar-refractivity contribution is 5.83. The molecule has 0 spiro atoms. The lowest BCUT2D eigenvalue weighted by Gasteiger charge is -2.24. The molecule has 2 heteroatoms. The topological polar surface area (TPSA) is 38.9 Å². The van der Waals surface area contributed by atoms with Crippen molar-refractivity contribution in [2.45, 2.75) is 32.2 Å². The van der Waals surface area contributed by atoms with E-state index in [0.29, 0.717) is 0 Å². The highest BCUT2D eigenvalue weighted by Gasteiger charge is 2.21. The smallest absolute Gasteiger partial charge is 0.0708 e. The molecule has 2 N–H and O–H groups in total. The number of nitrogens with zero attached hydrogens (tertiary/aromatic N) is 1. The fraction of sp³-hybridized carbons (Fsp3) is 0.357. The molecule has 1 aromatic carbocycles. The van der Waals surface area contributed by atoms with Crippen LogP contribution in [0.4, 0.5) is 0 Å². The predicted molar refractivity (Wildman–Crippen MR) is 66.3 cm³/mol. The van der Waals surface area contributed by atoms with Crippen LogP contribution < -0.4 is 5.73 Å². The van der Waals surface area contributed by atoms with Crippen LogP contribution in [0.25, 0.3) is 10.9 Å². The average Bonchev–Trinajstić information content (AvgIpc) is 2.29. The monoisotopic (exact) mass is 212 g/mol. The second kappa shape index (κ2) is 3.56. The van der Waals surface area contributed by atoms with Gasteiger partial charge < -0.3 is 5.73 Å². The number of nitrogens with two attached hydrogens (primary N) is 1. The summed E-state index contributed by atoms with van der Waals surface area (Å²) in [5.74, 6) is 0. The molecule has 1 aliphatic carbocycles. The maximum atomic E-state index is 6.20. The maximum Gasteiger partial charge on any atom is 0.0708 e. The van der Waals surface area contributed by atoms with Crippen LogP contribution in [0.3, 0.4) is 0 Å². The van der Waals surface area contributed by atoms with E-state index in [1.165, 1.54) is 28.6 Å². The van der Waals surface area contributed by atoms with Crippen LogP contribution in [0.15, 0.2) is 24.3 Å². The predicted octanol–water partition coefficient (Wildman–Crippen LogP) is 2.88. The zero-order chi connectivity index (χ0) is 11.1. The summed E-state index contributed by atoms with van der Waals surface area (Å²) in [6.45, 7) is 2.17. The molecule has 2 aromatic rings. The van der Waals surface area contributed by atoms with Crippen LogP contribution in [0, 0.1) is 6.92 Å². The molecule has 0 fully saturated rings. The van der Waals surface area contributed by atoms with Crippen molar-refractivity contribution in [2.24, 2.45) is 5.73 Å². The lowest BCUT2D eigenvalue weighted by molar-refractivity contribution is 0.559. The molecule has 82 valence electrons. The first-order chi connectivity index (χ1) is 7.77. The second-order valence-electron chi connectivity index (χ2n) is 4.61. The molecule has 1 atom stereocenters. The van der Waals surface area contributed by atoms with Gasteiger partial charge in [0, 0.05) is 17.1 Å². The minimum absolute atomic E-state index is 0.181. The van der Waals surface area contributed by atoms with Crippen molar-refractivity contribution >= 4 is 10.9 Å². The average molecular weight is 212 g/mol. The van der Waals surface area contributed by atoms with E-state index in [4.69, 9.17) is 10.7 Å². The highest BCUT2D eigenvalue weighted by Crippen LogP contribution is 2.33. The summed E-state index contributed by atoms with van der Waals surface area (Å²) in [5.41, 5.74) is 11.1. The summed E-state index contributed by atoms with van der Waals surface area (Å²) < 4.78 is 0. The molecule has 0 aliphatic heterocycles. The Kier molecular flexibility index (Phi) is 2.18. The van der Waals surface area contributed by atoms with Crippen molar-refractivity contribution in [3.05, 3.63) is 41.1 Å². The summed E-state index contributed by atoms with van der Waals surface area (Å²) in [4.78, 5) is 4.75. The van der Waals surface area contributed by atoms with E-state index in [-0.39, 0.29) is 6.04 Å². The van der Waals surface area contributed by atoms with Crippen molar-refractivity contribution in [3.8, 4) is 0 Å². The van der Waals surface area contributed by atoms with E-state index in [2.05, 4.69) is 25.1 Å². The Hall–Kier alpha value is -1.41. The third kappa shape index (κ3) is 1.34. The third-order valence-corrected chi connectivity index (χ3v) is 3.58. The van der Waals surface area contributed by atoms with Crippen LogP contribution >= 0.6 is 0 Å². The number of aryl methyl sites for hydroxylation is 2. The van der Waals surface area contributed by atoms with Gasteiger partial charge in [-0.05, 0) is 43.4 Å². The van der Waals surface area contributed by atoms with Crippen molar-refractivity contribution < 1.29 is 0 Å². The molecule has 1 heterocycles. The van der Waals surface area contributed by atoms with Crippen LogP contribution in [0.5, 0.6) is 0 Å². The van der Waals surface area contributed by atoms with Gasteiger partial charge in [0.15, 0.2) is 0 Å². The molecule has 0 bridgehead atoms. The Morgan fingerprint density at radius 1 is 1.31 bits per heavy atom. The molecular formula is C14H16N2. The molecule has 1 aromatic heterocycles. The summed E-state index contributed by atoms with van der Waals surface area (Å²) in [7, 11) is 0. The first-order valence-corrected chi connectivity index (χ1v) is 5.91. The van der Waals surface area contributed by atoms with Gasteiger partial charge in [-0.15, -0.1) is 0 Å². The van der Waals surface area contributed by atoms with Gasteiger partial charge in [0.25, 0.3) is 0 Å². The maximum absolute atomic E-state index is 6.20. The molecule has 2 nitrogen and oxygen atoms in total. The molecule has 16 heavy (non-hydrogen) atoms. The number of aromatic nitrogens is 1. The zero-order valence-corrected chi connectivity index (χ0v) is 9.53. The van der Waals surface area contributed by atoms with Gasteiger partial charge in [-0.1, -0.05) is 18.2 Å². The van der Waals surface area contributed by atoms with Gasteiger partial charge in [-0.2, -0.15) is 0 Å². The van der Waals surface area contributed by atoms with Gasteiger partial charge in [0.2, 0.25) is 0 Å². The number of para-hydroxylation sites is 1. The van der Waals surface area contributed by atoms with E-state index in [1.807, 2.05) is 6.07 Å². The Labute approximate surface area is 95.5 Å². The fourth-order valence-electron chi connectivity index (χ4n) is 2.77. The number of fused-ring (bicyclic) bond motifs is 2. The lowest BCUT2D eigenvalue weighted by Crippen LogP contribution is -2.20. The quantitative estimate of drug-likeness (QED) is 0.729. The van der Waals surface area contributed by atoms with Crippen molar-refractivity contribution in [3.63, 3.8) is 0 Å². The third-order valence-electron chi connectivity index (χ3n) is 3.58. The van der Waals surface area contributed by atoms with E-state index < -0.39 is 0 Å². The van der Waals surface area contributed by atoms with E-state index in [9.17, 15) is 0 Å². The summed E-state index contributed by atoms with van der Waals surface area (Å²) in [6, 6.07) is 8.52. The van der Waals surface area contributed by atoms with Gasteiger partial charge >= 0.3 is 0 Å². The minimum atomic E-state index is 0.181. The molecular weight excluding hydrogens is 196 g/mol. The standard InChI is InChI=1S/C14H16N2/c1-9-10-5-2-3-7-12(10)16-13-8-4-6-11(15)14(9)13/h2-3,5,7,11H,4,6,8,15H2,1H3. The zero-order valence-electron chi connectivity index (χ0n) is 9.53. The second-order valence-corrected chi connectivity index (χ2v) is 4.61. The number of hydrogen-bond donors (Lipinski definition) is 1. The number of hydrogen-bond acceptors (Lipinski definition) is 2. The van der Waals surface area contributed by atoms with Crippen LogP contribution in [0.2, 0.25) is 0 Å². The lowest BCUT2D eigenvalue weighted by atomic mass is 9.87. The Balaban J connectivity index is 2.36. The summed E-state index contributed by atoms with van der Waals surface area (Å²) in [5, 5.41) is 1.25. The molecule has 0 saturated heterocycles. The highest BCUT2D eigenvalue weighted by atomic mass is 14.7. The van der Waals surface area contributed by atoms with Crippen molar-refractivity contribution in [2.75, 3.05) is 0 Å². The van der Waals surface area contributed by atoms with Crippen LogP contribution in [0.1, 0.15) is 35.7 Å². The number of benzene rings is 1. The Morgan fingerprint density at radius 2 is 2.12 bits per heavy atom. The number of pyridine rings is 1. The van der Waals surface area contributed by atoms with Gasteiger partial charge in [0.1, 0.15) is 0 Å². The van der Waals surface area contributed by atoms with Crippen LogP contribution in [-0.2, 0) is 6.42 Å². The van der Waals surface area contributed by atoms with Crippen LogP contribution in [-0.4, -0.2) is 4.98 Å². The molecule has 0 amide bonds. The molecule has 0 saturated carbocycles. The van der Waals surface area contributed by atoms with E-state index in [0.717, 1.165) is 18.4 Å². The first-order valence-electron chi connectivity index (χ1n) is 5.91. The molecule has 1 unspecified atom stereocenters. The van der Waals surface area contributed by atoms with Gasteiger partial charge in [0.05, 0.1) is 5.52 Å². The SMILES string of the molecule is Cc1c2c(nc3ccccc13)CCCC2N. The Bertz CT molecular complexity index is 546. The van der Waals surface area contributed by atoms with Gasteiger partial charge in [-0.25, -0.2) is 0 Å². The first kappa shape index (κ1) is 9.79. The van der Waals surface area contributed by atoms with E-state index in [1.54, 1.807) is 0 Å². The van der Waals surface area contributed by atoms with Crippen molar-refractivity contribution in [1.82, 2.24) is 4.98 Å². The fourth-order valence-corrected chi connectivity index (χ4v) is 2.77. The largest absolute Gasteiger partial charge is 0.324 e. The minimum Gasteiger partial charge on any atom is -0.324 e. The van der Waals surface area contributed by atoms with Crippen molar-refractivity contribution in [1.29, 1.82) is 0 Å². The van der Waals surface area contributed by atoms with E-state index >= 15 is 0 Å². The van der Waals surface area contributed by atoms with Gasteiger partial charge in [-0.3, -0.25) is 4.98 Å². The number of rotatable bonds is 0. The molecule has 0 radical (unpaired) electrons. The Morgan fingerprint density at radius 3 is 3.00 bits per heavy atom. The summed E-state index contributed by atoms with van der Waals surface area (Å²) in [6.07, 6.45) is 3.33.